The van der Waals surface area contributed by atoms with Gasteiger partial charge in [0.15, 0.2) is 0 Å². The lowest BCUT2D eigenvalue weighted by Crippen LogP contribution is -2.17. The van der Waals surface area contributed by atoms with Crippen LogP contribution in [-0.2, 0) is 7.05 Å². The number of hydrogen-bond donors (Lipinski definition) is 1. The van der Waals surface area contributed by atoms with Gasteiger partial charge in [0.2, 0.25) is 5.95 Å². The van der Waals surface area contributed by atoms with E-state index in [4.69, 9.17) is 0 Å². The van der Waals surface area contributed by atoms with Gasteiger partial charge >= 0.3 is 6.61 Å². The van der Waals surface area contributed by atoms with Crippen LogP contribution in [0.25, 0.3) is 11.0 Å². The molecule has 0 fully saturated rings. The number of nitrogens with one attached hydrogen (secondary N) is 1. The second-order valence-electron chi connectivity index (χ2n) is 4.81. The van der Waals surface area contributed by atoms with E-state index >= 15 is 0 Å². The zero-order chi connectivity index (χ0) is 16.4. The topological polar surface area (TPSA) is 56.2 Å². The summed E-state index contributed by atoms with van der Waals surface area (Å²) < 4.78 is 30.9. The maximum atomic E-state index is 12.4. The molecule has 3 rings (SSSR count). The number of aryl methyl sites for hydroxylation is 1. The number of fused-ring (bicyclic) bond motifs is 1. The van der Waals surface area contributed by atoms with Crippen LogP contribution in [0.2, 0.25) is 0 Å². The van der Waals surface area contributed by atoms with Crippen LogP contribution in [0, 0.1) is 0 Å². The summed E-state index contributed by atoms with van der Waals surface area (Å²) in [5, 5.41) is 2.62. The number of anilines is 1. The number of aromatic nitrogens is 2. The summed E-state index contributed by atoms with van der Waals surface area (Å²) in [5.41, 5.74) is 1.59. The molecular weight excluding hydrogens is 304 g/mol. The molecule has 0 aliphatic heterocycles. The molecule has 0 aliphatic rings. The van der Waals surface area contributed by atoms with Gasteiger partial charge in [-0.15, -0.1) is 0 Å². The van der Waals surface area contributed by atoms with Crippen LogP contribution in [-0.4, -0.2) is 22.1 Å². The summed E-state index contributed by atoms with van der Waals surface area (Å²) >= 11 is 0. The Morgan fingerprint density at radius 3 is 2.61 bits per heavy atom. The van der Waals surface area contributed by atoms with E-state index in [0.29, 0.717) is 5.95 Å². The van der Waals surface area contributed by atoms with Crippen LogP contribution in [0.4, 0.5) is 14.7 Å². The Hall–Kier alpha value is -2.96. The molecule has 0 unspecified atom stereocenters. The molecule has 0 radical (unpaired) electrons. The average Bonchev–Trinajstić information content (AvgIpc) is 2.84. The van der Waals surface area contributed by atoms with Crippen LogP contribution in [0.15, 0.2) is 48.5 Å². The van der Waals surface area contributed by atoms with Gasteiger partial charge in [0.25, 0.3) is 5.91 Å². The monoisotopic (exact) mass is 317 g/mol. The Kier molecular flexibility index (Phi) is 3.92. The molecule has 0 spiro atoms. The van der Waals surface area contributed by atoms with E-state index < -0.39 is 12.5 Å². The molecule has 118 valence electrons. The van der Waals surface area contributed by atoms with Crippen molar-refractivity contribution in [3.63, 3.8) is 0 Å². The largest absolute Gasteiger partial charge is 0.434 e. The van der Waals surface area contributed by atoms with Gasteiger partial charge < -0.3 is 9.30 Å². The van der Waals surface area contributed by atoms with Gasteiger partial charge in [-0.1, -0.05) is 24.3 Å². The molecule has 1 aromatic heterocycles. The molecule has 0 bridgehead atoms. The number of ether oxygens (including phenoxy) is 1. The number of carbonyl (C=O) groups is 1. The predicted molar refractivity (Wildman–Crippen MR) is 81.7 cm³/mol. The van der Waals surface area contributed by atoms with E-state index in [1.807, 2.05) is 24.3 Å². The van der Waals surface area contributed by atoms with Gasteiger partial charge in [0, 0.05) is 7.05 Å². The van der Waals surface area contributed by atoms with Gasteiger partial charge in [-0.2, -0.15) is 8.78 Å². The number of imidazole rings is 1. The summed E-state index contributed by atoms with van der Waals surface area (Å²) in [5.74, 6) is -0.429. The van der Waals surface area contributed by atoms with E-state index in [-0.39, 0.29) is 11.3 Å². The number of rotatable bonds is 4. The lowest BCUT2D eigenvalue weighted by Gasteiger charge is -2.10. The number of carbonyl (C=O) groups excluding carboxylic acids is 1. The van der Waals surface area contributed by atoms with Crippen LogP contribution in [0.3, 0.4) is 0 Å². The molecule has 5 nitrogen and oxygen atoms in total. The highest BCUT2D eigenvalue weighted by molar-refractivity contribution is 6.06. The van der Waals surface area contributed by atoms with E-state index in [0.717, 1.165) is 11.0 Å². The minimum absolute atomic E-state index is 0.0138. The normalized spacial score (nSPS) is 11.0. The fraction of sp³-hybridized carbons (Fsp3) is 0.125. The van der Waals surface area contributed by atoms with Crippen LogP contribution in [0.1, 0.15) is 10.4 Å². The third-order valence-corrected chi connectivity index (χ3v) is 3.36. The van der Waals surface area contributed by atoms with Crippen molar-refractivity contribution < 1.29 is 18.3 Å². The van der Waals surface area contributed by atoms with Gasteiger partial charge in [-0.3, -0.25) is 10.1 Å². The van der Waals surface area contributed by atoms with E-state index in [9.17, 15) is 13.6 Å². The molecule has 3 aromatic rings. The van der Waals surface area contributed by atoms with Crippen LogP contribution >= 0.6 is 0 Å². The highest BCUT2D eigenvalue weighted by atomic mass is 19.3. The molecule has 1 heterocycles. The number of para-hydroxylation sites is 3. The summed E-state index contributed by atoms with van der Waals surface area (Å²) in [7, 11) is 1.76. The van der Waals surface area contributed by atoms with Crippen molar-refractivity contribution >= 4 is 22.9 Å². The molecule has 0 saturated heterocycles. The predicted octanol–water partition coefficient (Wildman–Crippen LogP) is 3.43. The summed E-state index contributed by atoms with van der Waals surface area (Å²) in [4.78, 5) is 16.7. The molecule has 2 aromatic carbocycles. The first-order chi connectivity index (χ1) is 11.1. The Morgan fingerprint density at radius 2 is 1.87 bits per heavy atom. The van der Waals surface area contributed by atoms with Crippen molar-refractivity contribution in [3.05, 3.63) is 54.1 Å². The Bertz CT molecular complexity index is 861. The molecular formula is C16H13F2N3O2. The van der Waals surface area contributed by atoms with Crippen molar-refractivity contribution in [1.29, 1.82) is 0 Å². The average molecular weight is 317 g/mol. The maximum Gasteiger partial charge on any atom is 0.387 e. The van der Waals surface area contributed by atoms with Crippen LogP contribution in [0.5, 0.6) is 5.75 Å². The second kappa shape index (κ2) is 6.04. The van der Waals surface area contributed by atoms with Gasteiger partial charge in [0.05, 0.1) is 16.6 Å². The number of benzene rings is 2. The highest BCUT2D eigenvalue weighted by Gasteiger charge is 2.17. The molecule has 1 amide bonds. The smallest absolute Gasteiger partial charge is 0.387 e. The third-order valence-electron chi connectivity index (χ3n) is 3.36. The van der Waals surface area contributed by atoms with Crippen molar-refractivity contribution in [3.8, 4) is 5.75 Å². The summed E-state index contributed by atoms with van der Waals surface area (Å²) in [6.07, 6.45) is 0. The lowest BCUT2D eigenvalue weighted by atomic mass is 10.2. The molecule has 0 atom stereocenters. The third kappa shape index (κ3) is 2.98. The Morgan fingerprint density at radius 1 is 1.17 bits per heavy atom. The number of nitrogens with zero attached hydrogens (tertiary/aromatic N) is 2. The SMILES string of the molecule is Cn1c(NC(=O)c2ccccc2OC(F)F)nc2ccccc21. The molecule has 0 aliphatic carbocycles. The summed E-state index contributed by atoms with van der Waals surface area (Å²) in [6.45, 7) is -3.00. The van der Waals surface area contributed by atoms with Gasteiger partial charge in [0.1, 0.15) is 5.75 Å². The minimum Gasteiger partial charge on any atom is -0.434 e. The fourth-order valence-corrected chi connectivity index (χ4v) is 2.28. The number of amides is 1. The summed E-state index contributed by atoms with van der Waals surface area (Å²) in [6, 6.07) is 13.2. The van der Waals surface area contributed by atoms with Gasteiger partial charge in [-0.05, 0) is 24.3 Å². The standard InChI is InChI=1S/C16H13F2N3O2/c1-21-12-8-4-3-7-11(12)19-16(21)20-14(22)10-6-2-5-9-13(10)23-15(17)18/h2-9,15H,1H3,(H,19,20,22). The van der Waals surface area contributed by atoms with Crippen molar-refractivity contribution in [2.75, 3.05) is 5.32 Å². The first-order valence-electron chi connectivity index (χ1n) is 6.83. The Labute approximate surface area is 130 Å². The van der Waals surface area contributed by atoms with Crippen molar-refractivity contribution in [2.45, 2.75) is 6.61 Å². The molecule has 23 heavy (non-hydrogen) atoms. The van der Waals surface area contributed by atoms with Crippen molar-refractivity contribution in [1.82, 2.24) is 9.55 Å². The zero-order valence-electron chi connectivity index (χ0n) is 12.2. The van der Waals surface area contributed by atoms with Crippen LogP contribution < -0.4 is 10.1 Å². The van der Waals surface area contributed by atoms with E-state index in [1.165, 1.54) is 18.2 Å². The van der Waals surface area contributed by atoms with Crippen molar-refractivity contribution in [2.24, 2.45) is 7.05 Å². The lowest BCUT2D eigenvalue weighted by molar-refractivity contribution is -0.0501. The van der Waals surface area contributed by atoms with E-state index in [2.05, 4.69) is 15.0 Å². The highest BCUT2D eigenvalue weighted by Crippen LogP contribution is 2.23. The van der Waals surface area contributed by atoms with E-state index in [1.54, 1.807) is 17.7 Å². The molecule has 1 N–H and O–H groups in total. The molecule has 0 saturated carbocycles. The quantitative estimate of drug-likeness (QED) is 0.802. The maximum absolute atomic E-state index is 12.4. The number of halogens is 2. The fourth-order valence-electron chi connectivity index (χ4n) is 2.28. The number of alkyl halides is 2. The first kappa shape index (κ1) is 15.0. The first-order valence-corrected chi connectivity index (χ1v) is 6.83. The molecule has 7 heteroatoms. The zero-order valence-corrected chi connectivity index (χ0v) is 12.2. The minimum atomic E-state index is -3.00. The van der Waals surface area contributed by atoms with Gasteiger partial charge in [-0.25, -0.2) is 4.98 Å². The second-order valence-corrected chi connectivity index (χ2v) is 4.81. The Balaban J connectivity index is 1.91. The number of hydrogen-bond acceptors (Lipinski definition) is 3.